The summed E-state index contributed by atoms with van der Waals surface area (Å²) in [6.07, 6.45) is 0. The monoisotopic (exact) mass is 292 g/mol. The van der Waals surface area contributed by atoms with Crippen molar-refractivity contribution in [2.45, 2.75) is 17.9 Å². The second kappa shape index (κ2) is 6.66. The standard InChI is InChI=1S/C16H17FO2S/c1-12(14-6-8-15(17)9-7-14)20(18)11-13-4-3-5-16(10-13)19-2/h3-10,12H,11H2,1-2H3/t12-,20-/m0/s1. The van der Waals surface area contributed by atoms with Crippen molar-refractivity contribution in [1.29, 1.82) is 0 Å². The third-order valence-corrected chi connectivity index (χ3v) is 4.86. The highest BCUT2D eigenvalue weighted by atomic mass is 32.2. The van der Waals surface area contributed by atoms with Gasteiger partial charge < -0.3 is 4.74 Å². The van der Waals surface area contributed by atoms with E-state index in [2.05, 4.69) is 0 Å². The molecule has 2 rings (SSSR count). The van der Waals surface area contributed by atoms with Crippen LogP contribution in [0.4, 0.5) is 4.39 Å². The van der Waals surface area contributed by atoms with Gasteiger partial charge in [0.2, 0.25) is 0 Å². The average molecular weight is 292 g/mol. The molecule has 0 fully saturated rings. The molecule has 0 bridgehead atoms. The molecule has 0 aliphatic rings. The van der Waals surface area contributed by atoms with E-state index < -0.39 is 10.8 Å². The van der Waals surface area contributed by atoms with Crippen molar-refractivity contribution >= 4 is 10.8 Å². The summed E-state index contributed by atoms with van der Waals surface area (Å²) in [5, 5.41) is -0.137. The van der Waals surface area contributed by atoms with Crippen LogP contribution in [0.15, 0.2) is 48.5 Å². The van der Waals surface area contributed by atoms with E-state index in [1.54, 1.807) is 19.2 Å². The fourth-order valence-electron chi connectivity index (χ4n) is 1.94. The molecule has 0 aromatic heterocycles. The highest BCUT2D eigenvalue weighted by molar-refractivity contribution is 7.84. The summed E-state index contributed by atoms with van der Waals surface area (Å²) in [5.41, 5.74) is 1.85. The summed E-state index contributed by atoms with van der Waals surface area (Å²) in [7, 11) is 0.547. The molecular formula is C16H17FO2S. The van der Waals surface area contributed by atoms with Gasteiger partial charge in [0.05, 0.1) is 12.4 Å². The largest absolute Gasteiger partial charge is 0.497 e. The smallest absolute Gasteiger partial charge is 0.123 e. The van der Waals surface area contributed by atoms with Crippen molar-refractivity contribution in [1.82, 2.24) is 0 Å². The fourth-order valence-corrected chi connectivity index (χ4v) is 3.16. The molecule has 0 spiro atoms. The van der Waals surface area contributed by atoms with Gasteiger partial charge in [-0.05, 0) is 42.3 Å². The molecule has 0 amide bonds. The van der Waals surface area contributed by atoms with Crippen LogP contribution in [-0.4, -0.2) is 11.3 Å². The number of halogens is 1. The maximum atomic E-state index is 12.9. The van der Waals surface area contributed by atoms with Gasteiger partial charge in [-0.1, -0.05) is 24.3 Å². The van der Waals surface area contributed by atoms with Crippen LogP contribution in [0.1, 0.15) is 23.3 Å². The first kappa shape index (κ1) is 14.7. The molecule has 20 heavy (non-hydrogen) atoms. The quantitative estimate of drug-likeness (QED) is 0.837. The van der Waals surface area contributed by atoms with E-state index in [9.17, 15) is 8.60 Å². The second-order valence-electron chi connectivity index (χ2n) is 4.57. The SMILES string of the molecule is COc1cccc(C[S@](=O)[C@@H](C)c2ccc(F)cc2)c1. The molecule has 0 saturated heterocycles. The van der Waals surface area contributed by atoms with E-state index in [4.69, 9.17) is 4.74 Å². The summed E-state index contributed by atoms with van der Waals surface area (Å²) in [6.45, 7) is 1.89. The zero-order chi connectivity index (χ0) is 14.5. The number of benzene rings is 2. The van der Waals surface area contributed by atoms with Gasteiger partial charge in [-0.25, -0.2) is 4.39 Å². The predicted octanol–water partition coefficient (Wildman–Crippen LogP) is 3.84. The van der Waals surface area contributed by atoms with Gasteiger partial charge in [0.25, 0.3) is 0 Å². The van der Waals surface area contributed by atoms with Crippen molar-refractivity contribution < 1.29 is 13.3 Å². The lowest BCUT2D eigenvalue weighted by Gasteiger charge is -2.12. The van der Waals surface area contributed by atoms with Crippen LogP contribution in [-0.2, 0) is 16.6 Å². The van der Waals surface area contributed by atoms with Crippen LogP contribution in [0.3, 0.4) is 0 Å². The van der Waals surface area contributed by atoms with Crippen LogP contribution in [0, 0.1) is 5.82 Å². The third kappa shape index (κ3) is 3.67. The summed E-state index contributed by atoms with van der Waals surface area (Å²) in [6, 6.07) is 13.7. The van der Waals surface area contributed by atoms with Crippen molar-refractivity contribution in [3.05, 3.63) is 65.5 Å². The number of hydrogen-bond donors (Lipinski definition) is 0. The van der Waals surface area contributed by atoms with Crippen molar-refractivity contribution in [2.24, 2.45) is 0 Å². The number of rotatable bonds is 5. The molecule has 0 N–H and O–H groups in total. The third-order valence-electron chi connectivity index (χ3n) is 3.18. The molecule has 0 heterocycles. The topological polar surface area (TPSA) is 26.3 Å². The van der Waals surface area contributed by atoms with Crippen LogP contribution < -0.4 is 4.74 Å². The first-order valence-corrected chi connectivity index (χ1v) is 7.74. The van der Waals surface area contributed by atoms with Gasteiger partial charge in [-0.2, -0.15) is 0 Å². The van der Waals surface area contributed by atoms with Crippen LogP contribution in [0.2, 0.25) is 0 Å². The van der Waals surface area contributed by atoms with E-state index in [0.29, 0.717) is 5.75 Å². The molecule has 2 atom stereocenters. The Kier molecular flexibility index (Phi) is 4.90. The van der Waals surface area contributed by atoms with Gasteiger partial charge in [-0.3, -0.25) is 4.21 Å². The molecule has 2 aromatic rings. The van der Waals surface area contributed by atoms with Gasteiger partial charge >= 0.3 is 0 Å². The molecular weight excluding hydrogens is 275 g/mol. The number of methoxy groups -OCH3 is 1. The number of ether oxygens (including phenoxy) is 1. The van der Waals surface area contributed by atoms with Crippen molar-refractivity contribution in [3.8, 4) is 5.75 Å². The van der Waals surface area contributed by atoms with Crippen LogP contribution in [0.25, 0.3) is 0 Å². The molecule has 0 aliphatic heterocycles. The molecule has 106 valence electrons. The van der Waals surface area contributed by atoms with Crippen LogP contribution in [0.5, 0.6) is 5.75 Å². The predicted molar refractivity (Wildman–Crippen MR) is 79.7 cm³/mol. The first-order chi connectivity index (χ1) is 9.60. The van der Waals surface area contributed by atoms with Crippen molar-refractivity contribution in [3.63, 3.8) is 0 Å². The van der Waals surface area contributed by atoms with Crippen LogP contribution >= 0.6 is 0 Å². The average Bonchev–Trinajstić information content (AvgIpc) is 2.47. The lowest BCUT2D eigenvalue weighted by molar-refractivity contribution is 0.414. The minimum absolute atomic E-state index is 0.137. The molecule has 0 radical (unpaired) electrons. The molecule has 0 unspecified atom stereocenters. The Balaban J connectivity index is 2.09. The van der Waals surface area contributed by atoms with E-state index in [1.807, 2.05) is 31.2 Å². The lowest BCUT2D eigenvalue weighted by atomic mass is 10.2. The highest BCUT2D eigenvalue weighted by Gasteiger charge is 2.14. The van der Waals surface area contributed by atoms with Gasteiger partial charge in [0, 0.05) is 16.6 Å². The fraction of sp³-hybridized carbons (Fsp3) is 0.250. The van der Waals surface area contributed by atoms with Crippen molar-refractivity contribution in [2.75, 3.05) is 7.11 Å². The zero-order valence-electron chi connectivity index (χ0n) is 11.5. The number of hydrogen-bond acceptors (Lipinski definition) is 2. The van der Waals surface area contributed by atoms with E-state index in [-0.39, 0.29) is 11.1 Å². The lowest BCUT2D eigenvalue weighted by Crippen LogP contribution is -2.05. The Bertz CT molecular complexity index is 596. The second-order valence-corrected chi connectivity index (χ2v) is 6.33. The zero-order valence-corrected chi connectivity index (χ0v) is 12.3. The Morgan fingerprint density at radius 3 is 2.55 bits per heavy atom. The molecule has 2 nitrogen and oxygen atoms in total. The minimum Gasteiger partial charge on any atom is -0.497 e. The Morgan fingerprint density at radius 2 is 1.90 bits per heavy atom. The molecule has 0 saturated carbocycles. The summed E-state index contributed by atoms with van der Waals surface area (Å²) in [4.78, 5) is 0. The van der Waals surface area contributed by atoms with Gasteiger partial charge in [-0.15, -0.1) is 0 Å². The summed E-state index contributed by atoms with van der Waals surface area (Å²) < 4.78 is 30.4. The van der Waals surface area contributed by atoms with Gasteiger partial charge in [0.1, 0.15) is 11.6 Å². The van der Waals surface area contributed by atoms with Gasteiger partial charge in [0.15, 0.2) is 0 Å². The Labute approximate surface area is 121 Å². The summed E-state index contributed by atoms with van der Waals surface area (Å²) >= 11 is 0. The Hall–Kier alpha value is -1.68. The maximum Gasteiger partial charge on any atom is 0.123 e. The molecule has 0 aliphatic carbocycles. The minimum atomic E-state index is -1.06. The molecule has 4 heteroatoms. The Morgan fingerprint density at radius 1 is 1.20 bits per heavy atom. The van der Waals surface area contributed by atoms with E-state index >= 15 is 0 Å². The highest BCUT2D eigenvalue weighted by Crippen LogP contribution is 2.23. The van der Waals surface area contributed by atoms with E-state index in [0.717, 1.165) is 16.9 Å². The normalized spacial score (nSPS) is 13.8. The summed E-state index contributed by atoms with van der Waals surface area (Å²) in [5.74, 6) is 0.934. The first-order valence-electron chi connectivity index (χ1n) is 6.35. The van der Waals surface area contributed by atoms with E-state index in [1.165, 1.54) is 12.1 Å². The molecule has 2 aromatic carbocycles. The maximum absolute atomic E-state index is 12.9.